The average molecular weight is 262 g/mol. The van der Waals surface area contributed by atoms with Crippen molar-refractivity contribution in [3.05, 3.63) is 34.4 Å². The summed E-state index contributed by atoms with van der Waals surface area (Å²) in [7, 11) is 0. The van der Waals surface area contributed by atoms with Gasteiger partial charge >= 0.3 is 5.97 Å². The highest BCUT2D eigenvalue weighted by Crippen LogP contribution is 2.40. The van der Waals surface area contributed by atoms with Gasteiger partial charge < -0.3 is 9.84 Å². The number of aliphatic carboxylic acids is 1. The van der Waals surface area contributed by atoms with E-state index in [-0.39, 0.29) is 11.8 Å². The second kappa shape index (κ2) is 5.33. The molecule has 0 bridgehead atoms. The van der Waals surface area contributed by atoms with Crippen molar-refractivity contribution in [2.75, 3.05) is 13.2 Å². The standard InChI is InChI=1S/C16H22O3/c1-11-6-7-14(13(3)12(11)2)16(9-19-10-16)8-4-5-15(17)18/h6-7H,4-5,8-10H2,1-3H3,(H,17,18). The fourth-order valence-electron chi connectivity index (χ4n) is 2.89. The smallest absolute Gasteiger partial charge is 0.303 e. The number of benzene rings is 1. The highest BCUT2D eigenvalue weighted by atomic mass is 16.5. The minimum Gasteiger partial charge on any atom is -0.481 e. The highest BCUT2D eigenvalue weighted by Gasteiger charge is 2.41. The normalized spacial score (nSPS) is 17.0. The second-order valence-electron chi connectivity index (χ2n) is 5.70. The van der Waals surface area contributed by atoms with E-state index < -0.39 is 5.97 Å². The van der Waals surface area contributed by atoms with E-state index in [1.165, 1.54) is 22.3 Å². The zero-order valence-corrected chi connectivity index (χ0v) is 12.0. The number of hydrogen-bond acceptors (Lipinski definition) is 2. The molecule has 1 aromatic rings. The van der Waals surface area contributed by atoms with E-state index in [0.29, 0.717) is 6.42 Å². The van der Waals surface area contributed by atoms with Crippen LogP contribution in [0.2, 0.25) is 0 Å². The summed E-state index contributed by atoms with van der Waals surface area (Å²) in [6.07, 6.45) is 1.85. The van der Waals surface area contributed by atoms with Gasteiger partial charge in [0, 0.05) is 11.8 Å². The molecule has 19 heavy (non-hydrogen) atoms. The molecule has 0 spiro atoms. The topological polar surface area (TPSA) is 46.5 Å². The number of carboxylic acids is 1. The van der Waals surface area contributed by atoms with Crippen molar-refractivity contribution < 1.29 is 14.6 Å². The van der Waals surface area contributed by atoms with Gasteiger partial charge in [-0.05, 0) is 55.9 Å². The number of carbonyl (C=O) groups is 1. The summed E-state index contributed by atoms with van der Waals surface area (Å²) in [6, 6.07) is 4.36. The summed E-state index contributed by atoms with van der Waals surface area (Å²) in [5.41, 5.74) is 5.35. The Morgan fingerprint density at radius 1 is 1.26 bits per heavy atom. The highest BCUT2D eigenvalue weighted by molar-refractivity contribution is 5.66. The third-order valence-corrected chi connectivity index (χ3v) is 4.43. The molecule has 0 amide bonds. The molecule has 1 N–H and O–H groups in total. The van der Waals surface area contributed by atoms with Gasteiger partial charge in [0.25, 0.3) is 0 Å². The van der Waals surface area contributed by atoms with Crippen LogP contribution in [0.25, 0.3) is 0 Å². The number of rotatable bonds is 5. The Bertz CT molecular complexity index is 487. The lowest BCUT2D eigenvalue weighted by Gasteiger charge is -2.43. The van der Waals surface area contributed by atoms with Gasteiger partial charge in [-0.3, -0.25) is 4.79 Å². The Balaban J connectivity index is 2.22. The molecule has 2 rings (SSSR count). The second-order valence-corrected chi connectivity index (χ2v) is 5.70. The summed E-state index contributed by atoms with van der Waals surface area (Å²) < 4.78 is 5.43. The summed E-state index contributed by atoms with van der Waals surface area (Å²) >= 11 is 0. The maximum absolute atomic E-state index is 10.7. The predicted octanol–water partition coefficient (Wildman–Crippen LogP) is 3.13. The summed E-state index contributed by atoms with van der Waals surface area (Å²) in [5.74, 6) is -0.716. The Labute approximate surface area is 114 Å². The Morgan fingerprint density at radius 2 is 1.95 bits per heavy atom. The molecule has 1 fully saturated rings. The summed E-state index contributed by atoms with van der Waals surface area (Å²) in [4.78, 5) is 10.7. The molecule has 3 nitrogen and oxygen atoms in total. The van der Waals surface area contributed by atoms with Gasteiger partial charge in [0.1, 0.15) is 0 Å². The number of aryl methyl sites for hydroxylation is 1. The van der Waals surface area contributed by atoms with Crippen molar-refractivity contribution in [3.8, 4) is 0 Å². The van der Waals surface area contributed by atoms with E-state index in [1.807, 2.05) is 0 Å². The molecule has 1 aromatic carbocycles. The van der Waals surface area contributed by atoms with Gasteiger partial charge in [-0.2, -0.15) is 0 Å². The molecule has 1 saturated heterocycles. The molecule has 0 aromatic heterocycles. The van der Waals surface area contributed by atoms with Gasteiger partial charge in [-0.1, -0.05) is 12.1 Å². The molecule has 3 heteroatoms. The van der Waals surface area contributed by atoms with E-state index in [4.69, 9.17) is 9.84 Å². The van der Waals surface area contributed by atoms with E-state index in [9.17, 15) is 4.79 Å². The molecule has 0 saturated carbocycles. The zero-order valence-electron chi connectivity index (χ0n) is 12.0. The Morgan fingerprint density at radius 3 is 2.47 bits per heavy atom. The Hall–Kier alpha value is -1.35. The van der Waals surface area contributed by atoms with Crippen molar-refractivity contribution in [1.82, 2.24) is 0 Å². The predicted molar refractivity (Wildman–Crippen MR) is 74.6 cm³/mol. The SMILES string of the molecule is Cc1ccc(C2(CCCC(=O)O)COC2)c(C)c1C. The van der Waals surface area contributed by atoms with Crippen LogP contribution in [0, 0.1) is 20.8 Å². The van der Waals surface area contributed by atoms with E-state index in [2.05, 4.69) is 32.9 Å². The maximum Gasteiger partial charge on any atom is 0.303 e. The number of ether oxygens (including phenoxy) is 1. The molecule has 0 atom stereocenters. The van der Waals surface area contributed by atoms with Crippen molar-refractivity contribution in [2.45, 2.75) is 45.4 Å². The molecule has 104 valence electrons. The van der Waals surface area contributed by atoms with Crippen molar-refractivity contribution >= 4 is 5.97 Å². The fraction of sp³-hybridized carbons (Fsp3) is 0.562. The molecule has 1 aliphatic heterocycles. The fourth-order valence-corrected chi connectivity index (χ4v) is 2.89. The monoisotopic (exact) mass is 262 g/mol. The van der Waals surface area contributed by atoms with Crippen molar-refractivity contribution in [1.29, 1.82) is 0 Å². The van der Waals surface area contributed by atoms with E-state index in [1.54, 1.807) is 0 Å². The van der Waals surface area contributed by atoms with Gasteiger partial charge in [-0.25, -0.2) is 0 Å². The third kappa shape index (κ3) is 2.66. The lowest BCUT2D eigenvalue weighted by Crippen LogP contribution is -2.47. The summed E-state index contributed by atoms with van der Waals surface area (Å²) in [6.45, 7) is 7.87. The molecule has 1 heterocycles. The van der Waals surface area contributed by atoms with Gasteiger partial charge in [0.2, 0.25) is 0 Å². The minimum atomic E-state index is -0.716. The van der Waals surface area contributed by atoms with Crippen LogP contribution < -0.4 is 0 Å². The number of carboxylic acid groups (broad SMARTS) is 1. The van der Waals surface area contributed by atoms with Gasteiger partial charge in [-0.15, -0.1) is 0 Å². The molecule has 1 aliphatic rings. The van der Waals surface area contributed by atoms with Crippen molar-refractivity contribution in [3.63, 3.8) is 0 Å². The summed E-state index contributed by atoms with van der Waals surface area (Å²) in [5, 5.41) is 8.78. The van der Waals surface area contributed by atoms with Gasteiger partial charge in [0.05, 0.1) is 13.2 Å². The first-order valence-corrected chi connectivity index (χ1v) is 6.83. The van der Waals surface area contributed by atoms with Crippen LogP contribution in [0.4, 0.5) is 0 Å². The molecular weight excluding hydrogens is 240 g/mol. The Kier molecular flexibility index (Phi) is 3.95. The number of hydrogen-bond donors (Lipinski definition) is 1. The quantitative estimate of drug-likeness (QED) is 0.886. The first-order chi connectivity index (χ1) is 8.96. The molecular formula is C16H22O3. The van der Waals surface area contributed by atoms with Crippen LogP contribution in [0.5, 0.6) is 0 Å². The van der Waals surface area contributed by atoms with Crippen LogP contribution >= 0.6 is 0 Å². The van der Waals surface area contributed by atoms with Crippen LogP contribution in [0.1, 0.15) is 41.5 Å². The third-order valence-electron chi connectivity index (χ3n) is 4.43. The molecule has 0 radical (unpaired) electrons. The first kappa shape index (κ1) is 14.1. The van der Waals surface area contributed by atoms with Crippen molar-refractivity contribution in [2.24, 2.45) is 0 Å². The van der Waals surface area contributed by atoms with Crippen LogP contribution in [-0.2, 0) is 14.9 Å². The van der Waals surface area contributed by atoms with Gasteiger partial charge in [0.15, 0.2) is 0 Å². The average Bonchev–Trinajstić information content (AvgIpc) is 2.30. The van der Waals surface area contributed by atoms with Crippen LogP contribution in [-0.4, -0.2) is 24.3 Å². The zero-order chi connectivity index (χ0) is 14.0. The van der Waals surface area contributed by atoms with Crippen LogP contribution in [0.15, 0.2) is 12.1 Å². The molecule has 0 aliphatic carbocycles. The largest absolute Gasteiger partial charge is 0.481 e. The molecule has 0 unspecified atom stereocenters. The maximum atomic E-state index is 10.7. The van der Waals surface area contributed by atoms with E-state index in [0.717, 1.165) is 19.6 Å². The van der Waals surface area contributed by atoms with E-state index >= 15 is 0 Å². The van der Waals surface area contributed by atoms with Crippen LogP contribution in [0.3, 0.4) is 0 Å². The minimum absolute atomic E-state index is 0.0397. The lowest BCUT2D eigenvalue weighted by molar-refractivity contribution is -0.137. The first-order valence-electron chi connectivity index (χ1n) is 6.83. The lowest BCUT2D eigenvalue weighted by atomic mass is 9.72.